The third kappa shape index (κ3) is 5.26. The largest absolute Gasteiger partial charge is 0.469 e. The third-order valence-corrected chi connectivity index (χ3v) is 7.60. The van der Waals surface area contributed by atoms with E-state index in [1.807, 2.05) is 72.4 Å². The van der Waals surface area contributed by atoms with Crippen LogP contribution in [-0.4, -0.2) is 55.6 Å². The van der Waals surface area contributed by atoms with Crippen molar-refractivity contribution in [1.82, 2.24) is 29.5 Å². The van der Waals surface area contributed by atoms with Crippen LogP contribution in [0.5, 0.6) is 0 Å². The number of methoxy groups -OCH3 is 2. The molecule has 10 nitrogen and oxygen atoms in total. The maximum absolute atomic E-state index is 12.1. The smallest absolute Gasteiger partial charge is 0.305 e. The molecule has 1 aliphatic rings. The first-order chi connectivity index (χ1) is 20.4. The summed E-state index contributed by atoms with van der Waals surface area (Å²) >= 11 is 0. The third-order valence-electron chi connectivity index (χ3n) is 7.60. The van der Waals surface area contributed by atoms with Crippen LogP contribution >= 0.6 is 0 Å². The van der Waals surface area contributed by atoms with Gasteiger partial charge in [-0.1, -0.05) is 0 Å². The molecule has 0 saturated carbocycles. The summed E-state index contributed by atoms with van der Waals surface area (Å²) in [7, 11) is 4.77. The Morgan fingerprint density at radius 1 is 0.738 bits per heavy atom. The molecule has 6 rings (SSSR count). The van der Waals surface area contributed by atoms with Crippen LogP contribution in [0.1, 0.15) is 54.3 Å². The Morgan fingerprint density at radius 3 is 2.05 bits per heavy atom. The van der Waals surface area contributed by atoms with Crippen molar-refractivity contribution >= 4 is 34.7 Å². The van der Waals surface area contributed by atoms with E-state index in [2.05, 4.69) is 24.9 Å². The summed E-state index contributed by atoms with van der Waals surface area (Å²) < 4.78 is 11.8. The normalized spacial score (nSPS) is 12.8. The van der Waals surface area contributed by atoms with E-state index >= 15 is 0 Å². The minimum absolute atomic E-state index is 0.248. The van der Waals surface area contributed by atoms with Crippen molar-refractivity contribution in [2.75, 3.05) is 14.2 Å². The monoisotopic (exact) mass is 564 g/mol. The van der Waals surface area contributed by atoms with Crippen molar-refractivity contribution in [3.63, 3.8) is 0 Å². The number of aromatic amines is 4. The molecule has 10 heteroatoms. The van der Waals surface area contributed by atoms with Gasteiger partial charge in [0.15, 0.2) is 0 Å². The first-order valence-electron chi connectivity index (χ1n) is 13.8. The molecule has 5 aromatic heterocycles. The van der Waals surface area contributed by atoms with Crippen LogP contribution in [0.4, 0.5) is 0 Å². The highest BCUT2D eigenvalue weighted by molar-refractivity contribution is 5.78. The van der Waals surface area contributed by atoms with Gasteiger partial charge < -0.3 is 34.0 Å². The van der Waals surface area contributed by atoms with Gasteiger partial charge in [-0.2, -0.15) is 0 Å². The van der Waals surface area contributed by atoms with Gasteiger partial charge in [0.25, 0.3) is 0 Å². The lowest BCUT2D eigenvalue weighted by Gasteiger charge is -2.08. The minimum atomic E-state index is -0.267. The number of imidazole rings is 1. The van der Waals surface area contributed by atoms with E-state index in [9.17, 15) is 9.59 Å². The number of carbonyl (C=O) groups is 2. The quantitative estimate of drug-likeness (QED) is 0.222. The summed E-state index contributed by atoms with van der Waals surface area (Å²) in [4.78, 5) is 43.1. The van der Waals surface area contributed by atoms with Gasteiger partial charge in [0.05, 0.1) is 30.8 Å². The van der Waals surface area contributed by atoms with E-state index in [-0.39, 0.29) is 24.8 Å². The molecule has 0 spiro atoms. The Kier molecular flexibility index (Phi) is 7.26. The number of rotatable bonds is 7. The number of hydrogen-bond acceptors (Lipinski definition) is 5. The zero-order chi connectivity index (χ0) is 29.2. The van der Waals surface area contributed by atoms with Gasteiger partial charge in [-0.15, -0.1) is 0 Å². The Bertz CT molecular complexity index is 2030. The molecule has 6 heterocycles. The maximum Gasteiger partial charge on any atom is 0.305 e. The highest BCUT2D eigenvalue weighted by atomic mass is 16.5. The maximum atomic E-state index is 12.1. The number of fused-ring (bicyclic) bond motifs is 8. The average Bonchev–Trinajstić information content (AvgIpc) is 3.83. The summed E-state index contributed by atoms with van der Waals surface area (Å²) in [5.74, 6) is 0.248. The van der Waals surface area contributed by atoms with Crippen LogP contribution in [-0.2, 0) is 26.1 Å². The van der Waals surface area contributed by atoms with Crippen molar-refractivity contribution in [3.8, 4) is 0 Å². The number of ether oxygens (including phenoxy) is 2. The summed E-state index contributed by atoms with van der Waals surface area (Å²) in [6.07, 6.45) is 7.19. The van der Waals surface area contributed by atoms with E-state index < -0.39 is 0 Å². The Morgan fingerprint density at radius 2 is 1.36 bits per heavy atom. The molecular weight excluding hydrogens is 532 g/mol. The molecule has 0 atom stereocenters. The lowest BCUT2D eigenvalue weighted by atomic mass is 10.1. The lowest BCUT2D eigenvalue weighted by Crippen LogP contribution is -2.19. The second kappa shape index (κ2) is 11.3. The standard InChI is InChI=1S/C32H32N6O4/c1-38-17-16-33-32(38)31-27-12-10-25(36-27)21(6-14-29(39)41-2)23-8-4-19(34-23)18-20-5-9-24(35-20)22(7-15-30(40)42-3)26-11-13-28(31)37-26/h4-5,8-13,16-18,34-37H,6-7,14-15H2,1-3H3. The molecule has 8 bridgehead atoms. The van der Waals surface area contributed by atoms with E-state index in [0.717, 1.165) is 66.7 Å². The highest BCUT2D eigenvalue weighted by Gasteiger charge is 2.18. The van der Waals surface area contributed by atoms with E-state index in [0.29, 0.717) is 12.8 Å². The van der Waals surface area contributed by atoms with Gasteiger partial charge >= 0.3 is 11.9 Å². The fourth-order valence-electron chi connectivity index (χ4n) is 5.43. The average molecular weight is 565 g/mol. The molecule has 5 aromatic rings. The second-order valence-electron chi connectivity index (χ2n) is 10.2. The molecule has 0 aliphatic carbocycles. The van der Waals surface area contributed by atoms with Crippen molar-refractivity contribution in [1.29, 1.82) is 0 Å². The predicted octanol–water partition coefficient (Wildman–Crippen LogP) is 1.43. The van der Waals surface area contributed by atoms with Crippen molar-refractivity contribution in [2.45, 2.75) is 25.7 Å². The highest BCUT2D eigenvalue weighted by Crippen LogP contribution is 2.23. The van der Waals surface area contributed by atoms with Gasteiger partial charge in [0.1, 0.15) is 5.82 Å². The SMILES string of the molecule is COC(=O)CCC1=c2ccc([nH]2)=Cc2ccc([nH]2)C(CCC(=O)OC)=c2ccc([nH]2)=C(c2nccn2C)c2ccc1[nH]2. The van der Waals surface area contributed by atoms with E-state index in [1.54, 1.807) is 6.20 Å². The van der Waals surface area contributed by atoms with Gasteiger partial charge in [-0.3, -0.25) is 9.59 Å². The zero-order valence-corrected chi connectivity index (χ0v) is 23.7. The summed E-state index contributed by atoms with van der Waals surface area (Å²) in [5.41, 5.74) is 6.40. The number of esters is 2. The topological polar surface area (TPSA) is 134 Å². The molecule has 42 heavy (non-hydrogen) atoms. The lowest BCUT2D eigenvalue weighted by molar-refractivity contribution is -0.141. The van der Waals surface area contributed by atoms with Crippen molar-refractivity contribution < 1.29 is 19.1 Å². The molecule has 214 valence electrons. The van der Waals surface area contributed by atoms with Crippen LogP contribution in [0.2, 0.25) is 0 Å². The van der Waals surface area contributed by atoms with Crippen LogP contribution in [0, 0.1) is 0 Å². The molecule has 1 aliphatic heterocycles. The molecule has 0 radical (unpaired) electrons. The van der Waals surface area contributed by atoms with E-state index in [1.165, 1.54) is 14.2 Å². The van der Waals surface area contributed by atoms with E-state index in [4.69, 9.17) is 9.47 Å². The van der Waals surface area contributed by atoms with Crippen LogP contribution in [0.3, 0.4) is 0 Å². The van der Waals surface area contributed by atoms with Crippen molar-refractivity contribution in [3.05, 3.63) is 111 Å². The van der Waals surface area contributed by atoms with Crippen LogP contribution in [0.15, 0.2) is 60.9 Å². The van der Waals surface area contributed by atoms with Crippen LogP contribution < -0.4 is 21.4 Å². The Hall–Kier alpha value is -5.25. The summed E-state index contributed by atoms with van der Waals surface area (Å²) in [5, 5.41) is 3.57. The number of H-pyrrole nitrogens is 4. The fourth-order valence-corrected chi connectivity index (χ4v) is 5.43. The summed E-state index contributed by atoms with van der Waals surface area (Å²) in [6.45, 7) is 0. The number of nitrogens with zero attached hydrogens (tertiary/aromatic N) is 2. The van der Waals surface area contributed by atoms with Gasteiger partial charge in [0, 0.05) is 65.4 Å². The van der Waals surface area contributed by atoms with Gasteiger partial charge in [-0.25, -0.2) is 4.98 Å². The molecular formula is C32H32N6O4. The van der Waals surface area contributed by atoms with Gasteiger partial charge in [0.2, 0.25) is 0 Å². The Labute approximate surface area is 241 Å². The number of carbonyl (C=O) groups excluding carboxylic acids is 2. The molecule has 0 unspecified atom stereocenters. The fraction of sp³-hybridized carbons (Fsp3) is 0.219. The molecule has 0 aromatic carbocycles. The number of nitrogens with one attached hydrogen (secondary N) is 4. The summed E-state index contributed by atoms with van der Waals surface area (Å²) in [6, 6.07) is 16.2. The number of aromatic nitrogens is 6. The number of aryl methyl sites for hydroxylation is 1. The molecule has 0 saturated heterocycles. The van der Waals surface area contributed by atoms with Crippen molar-refractivity contribution in [2.24, 2.45) is 7.05 Å². The van der Waals surface area contributed by atoms with Crippen LogP contribution in [0.25, 0.3) is 22.8 Å². The predicted molar refractivity (Wildman–Crippen MR) is 158 cm³/mol. The molecule has 4 N–H and O–H groups in total. The zero-order valence-electron chi connectivity index (χ0n) is 23.7. The Balaban J connectivity index is 1.64. The molecule has 0 amide bonds. The van der Waals surface area contributed by atoms with Gasteiger partial charge in [-0.05, 0) is 78.6 Å². The second-order valence-corrected chi connectivity index (χ2v) is 10.2. The first kappa shape index (κ1) is 26.9. The first-order valence-corrected chi connectivity index (χ1v) is 13.8. The number of hydrogen-bond donors (Lipinski definition) is 4. The minimum Gasteiger partial charge on any atom is -0.469 e. The molecule has 0 fully saturated rings.